The standard InChI is InChI=1S/C21H22FN5O4S2/c1-15-5-6-17(31-15)7-8-19-23-21(25-24-19)32-14-20(28)26-9-11-27(12-10-26)33(29,30)18-4-2-3-16(22)13-18/h2-8,13H,9-12,14H2,1H3,(H,23,24,25)/b8-7+. The van der Waals surface area contributed by atoms with Gasteiger partial charge in [0.1, 0.15) is 23.2 Å². The van der Waals surface area contributed by atoms with Crippen molar-refractivity contribution in [2.45, 2.75) is 17.0 Å². The second-order valence-electron chi connectivity index (χ2n) is 7.32. The summed E-state index contributed by atoms with van der Waals surface area (Å²) in [6.45, 7) is 2.69. The first-order valence-electron chi connectivity index (χ1n) is 10.1. The van der Waals surface area contributed by atoms with Crippen LogP contribution >= 0.6 is 11.8 Å². The van der Waals surface area contributed by atoms with Gasteiger partial charge >= 0.3 is 0 Å². The van der Waals surface area contributed by atoms with Gasteiger partial charge in [0, 0.05) is 26.2 Å². The van der Waals surface area contributed by atoms with Crippen LogP contribution in [0.1, 0.15) is 17.3 Å². The van der Waals surface area contributed by atoms with Gasteiger partial charge in [-0.15, -0.1) is 5.10 Å². The van der Waals surface area contributed by atoms with Crippen LogP contribution in [0.4, 0.5) is 4.39 Å². The molecule has 2 aromatic heterocycles. The van der Waals surface area contributed by atoms with Crippen LogP contribution in [0.5, 0.6) is 0 Å². The summed E-state index contributed by atoms with van der Waals surface area (Å²) in [5, 5.41) is 7.32. The number of hydrogen-bond donors (Lipinski definition) is 1. The van der Waals surface area contributed by atoms with Gasteiger partial charge in [0.05, 0.1) is 10.6 Å². The van der Waals surface area contributed by atoms with Gasteiger partial charge in [0.15, 0.2) is 0 Å². The second kappa shape index (κ2) is 9.89. The summed E-state index contributed by atoms with van der Waals surface area (Å²) in [7, 11) is -3.80. The number of nitrogens with zero attached hydrogens (tertiary/aromatic N) is 4. The fourth-order valence-electron chi connectivity index (χ4n) is 3.27. The fraction of sp³-hybridized carbons (Fsp3) is 0.286. The molecule has 0 aliphatic carbocycles. The van der Waals surface area contributed by atoms with E-state index < -0.39 is 15.8 Å². The Morgan fingerprint density at radius 1 is 1.21 bits per heavy atom. The summed E-state index contributed by atoms with van der Waals surface area (Å²) in [5.41, 5.74) is 0. The minimum Gasteiger partial charge on any atom is -0.462 e. The summed E-state index contributed by atoms with van der Waals surface area (Å²) in [4.78, 5) is 18.4. The van der Waals surface area contributed by atoms with E-state index in [9.17, 15) is 17.6 Å². The van der Waals surface area contributed by atoms with E-state index in [1.165, 1.54) is 34.3 Å². The molecule has 1 fully saturated rings. The third-order valence-corrected chi connectivity index (χ3v) is 7.73. The van der Waals surface area contributed by atoms with Crippen LogP contribution in [0, 0.1) is 12.7 Å². The molecule has 0 atom stereocenters. The van der Waals surface area contributed by atoms with Gasteiger partial charge in [-0.2, -0.15) is 4.31 Å². The Morgan fingerprint density at radius 3 is 2.70 bits per heavy atom. The van der Waals surface area contributed by atoms with Crippen molar-refractivity contribution in [3.05, 3.63) is 59.6 Å². The van der Waals surface area contributed by atoms with E-state index >= 15 is 0 Å². The molecule has 1 saturated heterocycles. The van der Waals surface area contributed by atoms with Crippen LogP contribution in [0.2, 0.25) is 0 Å². The first-order valence-corrected chi connectivity index (χ1v) is 12.6. The Balaban J connectivity index is 1.27. The highest BCUT2D eigenvalue weighted by Crippen LogP contribution is 2.20. The summed E-state index contributed by atoms with van der Waals surface area (Å²) >= 11 is 1.20. The number of carbonyl (C=O) groups is 1. The highest BCUT2D eigenvalue weighted by atomic mass is 32.2. The molecular formula is C21H22FN5O4S2. The Hall–Kier alpha value is -2.96. The van der Waals surface area contributed by atoms with Crippen LogP contribution in [0.15, 0.2) is 50.9 Å². The topological polar surface area (TPSA) is 112 Å². The number of aryl methyl sites for hydroxylation is 1. The molecule has 0 radical (unpaired) electrons. The highest BCUT2D eigenvalue weighted by molar-refractivity contribution is 7.99. The molecule has 33 heavy (non-hydrogen) atoms. The van der Waals surface area contributed by atoms with Crippen LogP contribution < -0.4 is 0 Å². The zero-order chi connectivity index (χ0) is 23.4. The van der Waals surface area contributed by atoms with Crippen LogP contribution in [0.25, 0.3) is 12.2 Å². The molecule has 0 unspecified atom stereocenters. The normalized spacial score (nSPS) is 15.4. The van der Waals surface area contributed by atoms with E-state index in [1.807, 2.05) is 19.1 Å². The van der Waals surface area contributed by atoms with E-state index in [4.69, 9.17) is 4.42 Å². The van der Waals surface area contributed by atoms with Gasteiger partial charge in [0.2, 0.25) is 21.1 Å². The highest BCUT2D eigenvalue weighted by Gasteiger charge is 2.30. The van der Waals surface area contributed by atoms with E-state index in [2.05, 4.69) is 15.2 Å². The number of aromatic amines is 1. The van der Waals surface area contributed by atoms with Crippen molar-refractivity contribution in [3.8, 4) is 0 Å². The molecule has 1 aliphatic rings. The van der Waals surface area contributed by atoms with Gasteiger partial charge in [0.25, 0.3) is 0 Å². The number of carbonyl (C=O) groups excluding carboxylic acids is 1. The van der Waals surface area contributed by atoms with Crippen molar-refractivity contribution in [2.75, 3.05) is 31.9 Å². The van der Waals surface area contributed by atoms with Crippen molar-refractivity contribution < 1.29 is 22.0 Å². The number of halogens is 1. The maximum atomic E-state index is 13.4. The van der Waals surface area contributed by atoms with E-state index in [-0.39, 0.29) is 42.7 Å². The number of benzene rings is 1. The zero-order valence-electron chi connectivity index (χ0n) is 17.8. The molecule has 0 spiro atoms. The van der Waals surface area contributed by atoms with Crippen molar-refractivity contribution in [3.63, 3.8) is 0 Å². The van der Waals surface area contributed by atoms with Gasteiger partial charge in [-0.1, -0.05) is 17.8 Å². The molecule has 12 heteroatoms. The van der Waals surface area contributed by atoms with Crippen LogP contribution in [-0.2, 0) is 14.8 Å². The molecule has 1 aliphatic heterocycles. The Morgan fingerprint density at radius 2 is 2.00 bits per heavy atom. The summed E-state index contributed by atoms with van der Waals surface area (Å²) < 4.78 is 45.5. The van der Waals surface area contributed by atoms with E-state index in [1.54, 1.807) is 17.1 Å². The monoisotopic (exact) mass is 491 g/mol. The number of aromatic nitrogens is 3. The van der Waals surface area contributed by atoms with Gasteiger partial charge < -0.3 is 9.32 Å². The molecular weight excluding hydrogens is 469 g/mol. The lowest BCUT2D eigenvalue weighted by molar-refractivity contribution is -0.129. The molecule has 0 saturated carbocycles. The lowest BCUT2D eigenvalue weighted by Gasteiger charge is -2.34. The number of H-pyrrole nitrogens is 1. The molecule has 1 aromatic carbocycles. The summed E-state index contributed by atoms with van der Waals surface area (Å²) in [6.07, 6.45) is 3.50. The largest absolute Gasteiger partial charge is 0.462 e. The minimum absolute atomic E-state index is 0.0884. The number of nitrogens with one attached hydrogen (secondary N) is 1. The van der Waals surface area contributed by atoms with Crippen molar-refractivity contribution in [2.24, 2.45) is 0 Å². The number of hydrogen-bond acceptors (Lipinski definition) is 7. The maximum Gasteiger partial charge on any atom is 0.243 e. The first-order chi connectivity index (χ1) is 15.8. The van der Waals surface area contributed by atoms with Gasteiger partial charge in [-0.25, -0.2) is 17.8 Å². The number of sulfonamides is 1. The Kier molecular flexibility index (Phi) is 6.96. The molecule has 3 aromatic rings. The van der Waals surface area contributed by atoms with Gasteiger partial charge in [-0.05, 0) is 49.4 Å². The summed E-state index contributed by atoms with van der Waals surface area (Å²) in [5.74, 6) is 1.45. The number of furan rings is 1. The molecule has 4 rings (SSSR count). The number of amides is 1. The quantitative estimate of drug-likeness (QED) is 0.506. The molecule has 3 heterocycles. The average molecular weight is 492 g/mol. The first kappa shape index (κ1) is 23.2. The smallest absolute Gasteiger partial charge is 0.243 e. The van der Waals surface area contributed by atoms with Crippen molar-refractivity contribution >= 4 is 39.8 Å². The second-order valence-corrected chi connectivity index (χ2v) is 10.2. The third kappa shape index (κ3) is 5.70. The molecule has 1 N–H and O–H groups in total. The SMILES string of the molecule is Cc1ccc(/C=C/c2nc(SCC(=O)N3CCN(S(=O)(=O)c4cccc(F)c4)CC3)n[nH]2)o1. The number of piperazine rings is 1. The predicted molar refractivity (Wildman–Crippen MR) is 121 cm³/mol. The Bertz CT molecular complexity index is 1260. The van der Waals surface area contributed by atoms with E-state index in [0.717, 1.165) is 11.8 Å². The van der Waals surface area contributed by atoms with Crippen molar-refractivity contribution in [1.82, 2.24) is 24.4 Å². The zero-order valence-corrected chi connectivity index (χ0v) is 19.4. The third-order valence-electron chi connectivity index (χ3n) is 5.00. The molecule has 0 bridgehead atoms. The number of thioether (sulfide) groups is 1. The minimum atomic E-state index is -3.80. The molecule has 174 valence electrons. The lowest BCUT2D eigenvalue weighted by Crippen LogP contribution is -2.51. The average Bonchev–Trinajstić information content (AvgIpc) is 3.44. The van der Waals surface area contributed by atoms with Gasteiger partial charge in [-0.3, -0.25) is 9.89 Å². The maximum absolute atomic E-state index is 13.4. The molecule has 1 amide bonds. The Labute approximate surface area is 194 Å². The van der Waals surface area contributed by atoms with Crippen molar-refractivity contribution in [1.29, 1.82) is 0 Å². The summed E-state index contributed by atoms with van der Waals surface area (Å²) in [6, 6.07) is 8.63. The van der Waals surface area contributed by atoms with Crippen LogP contribution in [-0.4, -0.2) is 70.6 Å². The molecule has 9 nitrogen and oxygen atoms in total. The van der Waals surface area contributed by atoms with E-state index in [0.29, 0.717) is 16.7 Å². The predicted octanol–water partition coefficient (Wildman–Crippen LogP) is 2.64. The number of rotatable bonds is 7. The lowest BCUT2D eigenvalue weighted by atomic mass is 10.3. The van der Waals surface area contributed by atoms with Crippen LogP contribution in [0.3, 0.4) is 0 Å². The fourth-order valence-corrected chi connectivity index (χ4v) is 5.44.